The predicted molar refractivity (Wildman–Crippen MR) is 58.1 cm³/mol. The number of rotatable bonds is 3. The lowest BCUT2D eigenvalue weighted by molar-refractivity contribution is 0.506. The lowest BCUT2D eigenvalue weighted by Crippen LogP contribution is -2.05. The van der Waals surface area contributed by atoms with Crippen LogP contribution in [0.5, 0.6) is 0 Å². The quantitative estimate of drug-likeness (QED) is 0.720. The molecule has 0 atom stereocenters. The number of nitrogens with zero attached hydrogens (tertiary/aromatic N) is 2. The molecule has 14 heavy (non-hydrogen) atoms. The molecule has 0 bridgehead atoms. The van der Waals surface area contributed by atoms with Crippen LogP contribution in [-0.4, -0.2) is 4.57 Å². The van der Waals surface area contributed by atoms with Crippen LogP contribution in [0.2, 0.25) is 0 Å². The van der Waals surface area contributed by atoms with E-state index in [1.165, 1.54) is 12.1 Å². The van der Waals surface area contributed by atoms with E-state index in [0.717, 1.165) is 17.8 Å². The summed E-state index contributed by atoms with van der Waals surface area (Å²) in [7, 11) is 0. The SMILES string of the molecule is Cc1cc(C#N)c(C)n1CCC(C)C. The van der Waals surface area contributed by atoms with Crippen LogP contribution in [0.4, 0.5) is 0 Å². The summed E-state index contributed by atoms with van der Waals surface area (Å²) in [6, 6.07) is 4.19. The number of hydrogen-bond acceptors (Lipinski definition) is 1. The van der Waals surface area contributed by atoms with Crippen molar-refractivity contribution in [3.63, 3.8) is 0 Å². The van der Waals surface area contributed by atoms with Gasteiger partial charge in [0.25, 0.3) is 0 Å². The lowest BCUT2D eigenvalue weighted by atomic mass is 10.1. The Kier molecular flexibility index (Phi) is 3.35. The molecule has 76 valence electrons. The molecule has 0 N–H and O–H groups in total. The van der Waals surface area contributed by atoms with Gasteiger partial charge in [-0.05, 0) is 32.3 Å². The molecule has 2 heteroatoms. The van der Waals surface area contributed by atoms with Gasteiger partial charge < -0.3 is 4.57 Å². The highest BCUT2D eigenvalue weighted by Crippen LogP contribution is 2.15. The number of hydrogen-bond donors (Lipinski definition) is 0. The van der Waals surface area contributed by atoms with Gasteiger partial charge in [-0.2, -0.15) is 5.26 Å². The van der Waals surface area contributed by atoms with E-state index in [4.69, 9.17) is 5.26 Å². The fraction of sp³-hybridized carbons (Fsp3) is 0.583. The number of aryl methyl sites for hydroxylation is 1. The third-order valence-electron chi connectivity index (χ3n) is 2.62. The van der Waals surface area contributed by atoms with E-state index in [1.807, 2.05) is 13.0 Å². The monoisotopic (exact) mass is 190 g/mol. The standard InChI is InChI=1S/C12H18N2/c1-9(2)5-6-14-10(3)7-12(8-13)11(14)4/h7,9H,5-6H2,1-4H3. The Labute approximate surface area is 86.2 Å². The van der Waals surface area contributed by atoms with Gasteiger partial charge in [0.2, 0.25) is 0 Å². The van der Waals surface area contributed by atoms with Crippen molar-refractivity contribution >= 4 is 0 Å². The molecule has 1 aromatic heterocycles. The highest BCUT2D eigenvalue weighted by atomic mass is 15.0. The summed E-state index contributed by atoms with van der Waals surface area (Å²) in [6.07, 6.45) is 1.17. The van der Waals surface area contributed by atoms with Crippen LogP contribution in [-0.2, 0) is 6.54 Å². The molecule has 0 spiro atoms. The highest BCUT2D eigenvalue weighted by Gasteiger charge is 2.08. The maximum Gasteiger partial charge on any atom is 0.101 e. The van der Waals surface area contributed by atoms with E-state index in [1.54, 1.807) is 0 Å². The average molecular weight is 190 g/mol. The molecule has 0 aliphatic carbocycles. The van der Waals surface area contributed by atoms with Crippen LogP contribution in [0, 0.1) is 31.1 Å². The van der Waals surface area contributed by atoms with Gasteiger partial charge in [0, 0.05) is 17.9 Å². The van der Waals surface area contributed by atoms with Crippen molar-refractivity contribution < 1.29 is 0 Å². The van der Waals surface area contributed by atoms with E-state index in [-0.39, 0.29) is 0 Å². The normalized spacial score (nSPS) is 10.6. The fourth-order valence-corrected chi connectivity index (χ4v) is 1.65. The van der Waals surface area contributed by atoms with Gasteiger partial charge in [-0.15, -0.1) is 0 Å². The van der Waals surface area contributed by atoms with Crippen LogP contribution < -0.4 is 0 Å². The van der Waals surface area contributed by atoms with Crippen LogP contribution in [0.3, 0.4) is 0 Å². The first-order valence-corrected chi connectivity index (χ1v) is 5.13. The summed E-state index contributed by atoms with van der Waals surface area (Å²) in [4.78, 5) is 0. The summed E-state index contributed by atoms with van der Waals surface area (Å²) in [5.41, 5.74) is 3.11. The number of aromatic nitrogens is 1. The van der Waals surface area contributed by atoms with Crippen molar-refractivity contribution in [1.82, 2.24) is 4.57 Å². The Bertz CT molecular complexity index is 353. The molecule has 0 aromatic carbocycles. The van der Waals surface area contributed by atoms with Crippen molar-refractivity contribution in [1.29, 1.82) is 5.26 Å². The van der Waals surface area contributed by atoms with Crippen molar-refractivity contribution in [3.05, 3.63) is 23.0 Å². The van der Waals surface area contributed by atoms with Gasteiger partial charge in [-0.1, -0.05) is 13.8 Å². The van der Waals surface area contributed by atoms with Crippen molar-refractivity contribution in [2.45, 2.75) is 40.7 Å². The first kappa shape index (κ1) is 10.8. The van der Waals surface area contributed by atoms with Gasteiger partial charge >= 0.3 is 0 Å². The van der Waals surface area contributed by atoms with Gasteiger partial charge in [0.1, 0.15) is 6.07 Å². The van der Waals surface area contributed by atoms with Crippen LogP contribution in [0.25, 0.3) is 0 Å². The molecular formula is C12H18N2. The Hall–Kier alpha value is -1.23. The van der Waals surface area contributed by atoms with E-state index in [0.29, 0.717) is 5.92 Å². The average Bonchev–Trinajstić information content (AvgIpc) is 2.39. The Morgan fingerprint density at radius 2 is 2.07 bits per heavy atom. The van der Waals surface area contributed by atoms with E-state index >= 15 is 0 Å². The zero-order chi connectivity index (χ0) is 10.7. The topological polar surface area (TPSA) is 28.7 Å². The lowest BCUT2D eigenvalue weighted by Gasteiger charge is -2.10. The molecule has 0 radical (unpaired) electrons. The maximum absolute atomic E-state index is 8.87. The maximum atomic E-state index is 8.87. The van der Waals surface area contributed by atoms with Crippen LogP contribution in [0.15, 0.2) is 6.07 Å². The molecule has 1 heterocycles. The zero-order valence-corrected chi connectivity index (χ0v) is 9.46. The molecule has 0 saturated heterocycles. The minimum atomic E-state index is 0.710. The molecule has 0 amide bonds. The summed E-state index contributed by atoms with van der Waals surface area (Å²) >= 11 is 0. The second-order valence-corrected chi connectivity index (χ2v) is 4.23. The number of nitriles is 1. The first-order valence-electron chi connectivity index (χ1n) is 5.13. The molecule has 0 aliphatic heterocycles. The second kappa shape index (κ2) is 4.32. The van der Waals surface area contributed by atoms with Gasteiger partial charge in [-0.25, -0.2) is 0 Å². The van der Waals surface area contributed by atoms with Gasteiger partial charge in [0.15, 0.2) is 0 Å². The molecule has 0 unspecified atom stereocenters. The van der Waals surface area contributed by atoms with Crippen molar-refractivity contribution in [3.8, 4) is 6.07 Å². The van der Waals surface area contributed by atoms with Crippen LogP contribution in [0.1, 0.15) is 37.2 Å². The second-order valence-electron chi connectivity index (χ2n) is 4.23. The Morgan fingerprint density at radius 1 is 1.43 bits per heavy atom. The molecule has 0 saturated carbocycles. The molecular weight excluding hydrogens is 172 g/mol. The smallest absolute Gasteiger partial charge is 0.101 e. The summed E-state index contributed by atoms with van der Waals surface area (Å²) in [5.74, 6) is 0.710. The molecule has 1 rings (SSSR count). The fourth-order valence-electron chi connectivity index (χ4n) is 1.65. The first-order chi connectivity index (χ1) is 6.56. The summed E-state index contributed by atoms with van der Waals surface area (Å²) in [6.45, 7) is 9.55. The van der Waals surface area contributed by atoms with E-state index in [2.05, 4.69) is 31.4 Å². The van der Waals surface area contributed by atoms with E-state index < -0.39 is 0 Å². The predicted octanol–water partition coefficient (Wildman–Crippen LogP) is 3.02. The Morgan fingerprint density at radius 3 is 2.50 bits per heavy atom. The third-order valence-corrected chi connectivity index (χ3v) is 2.62. The highest BCUT2D eigenvalue weighted by molar-refractivity contribution is 5.37. The van der Waals surface area contributed by atoms with Crippen molar-refractivity contribution in [2.24, 2.45) is 5.92 Å². The molecule has 2 nitrogen and oxygen atoms in total. The minimum absolute atomic E-state index is 0.710. The summed E-state index contributed by atoms with van der Waals surface area (Å²) in [5, 5.41) is 8.87. The molecule has 0 aliphatic rings. The summed E-state index contributed by atoms with van der Waals surface area (Å²) < 4.78 is 2.23. The van der Waals surface area contributed by atoms with Crippen molar-refractivity contribution in [2.75, 3.05) is 0 Å². The largest absolute Gasteiger partial charge is 0.348 e. The van der Waals surface area contributed by atoms with E-state index in [9.17, 15) is 0 Å². The molecule has 0 fully saturated rings. The van der Waals surface area contributed by atoms with Gasteiger partial charge in [0.05, 0.1) is 5.56 Å². The Balaban J connectivity index is 2.87. The zero-order valence-electron chi connectivity index (χ0n) is 9.46. The van der Waals surface area contributed by atoms with Gasteiger partial charge in [-0.3, -0.25) is 0 Å². The third kappa shape index (κ3) is 2.17. The molecule has 1 aromatic rings. The minimum Gasteiger partial charge on any atom is -0.348 e. The van der Waals surface area contributed by atoms with Crippen LogP contribution >= 0.6 is 0 Å².